The fourth-order valence-electron chi connectivity index (χ4n) is 3.64. The minimum atomic E-state index is -1.61. The molecule has 2 aromatic rings. The molecule has 9 heteroatoms. The molecule has 4 N–H and O–H groups in total. The molecule has 0 radical (unpaired) electrons. The van der Waals surface area contributed by atoms with E-state index in [0.717, 1.165) is 22.3 Å². The first-order chi connectivity index (χ1) is 14.4. The zero-order chi connectivity index (χ0) is 21.7. The normalized spacial score (nSPS) is 15.1. The van der Waals surface area contributed by atoms with Crippen LogP contribution in [0.5, 0.6) is 0 Å². The molecule has 156 valence electrons. The fourth-order valence-corrected chi connectivity index (χ4v) is 3.64. The van der Waals surface area contributed by atoms with Gasteiger partial charge in [-0.05, 0) is 47.6 Å². The minimum Gasteiger partial charge on any atom is -0.480 e. The summed E-state index contributed by atoms with van der Waals surface area (Å²) in [6.07, 6.45) is -1.64. The second kappa shape index (κ2) is 8.86. The largest absolute Gasteiger partial charge is 0.480 e. The van der Waals surface area contributed by atoms with Crippen molar-refractivity contribution in [1.82, 2.24) is 5.32 Å². The van der Waals surface area contributed by atoms with E-state index in [1.54, 1.807) is 0 Å². The van der Waals surface area contributed by atoms with Gasteiger partial charge < -0.3 is 20.9 Å². The highest BCUT2D eigenvalue weighted by Gasteiger charge is 2.36. The highest BCUT2D eigenvalue weighted by atomic mass is 16.5. The van der Waals surface area contributed by atoms with Gasteiger partial charge in [-0.15, -0.1) is 0 Å². The molecular weight excluding hydrogens is 386 g/mol. The Bertz CT molecular complexity index is 959. The number of ether oxygens (including phenoxy) is 1. The summed E-state index contributed by atoms with van der Waals surface area (Å²) < 4.78 is 5.41. The summed E-state index contributed by atoms with van der Waals surface area (Å²) in [4.78, 5) is 26.7. The van der Waals surface area contributed by atoms with Crippen molar-refractivity contribution in [2.24, 2.45) is 10.8 Å². The van der Waals surface area contributed by atoms with Crippen molar-refractivity contribution in [3.05, 3.63) is 70.1 Å². The van der Waals surface area contributed by atoms with Crippen molar-refractivity contribution in [3.63, 3.8) is 0 Å². The Hall–Kier alpha value is -3.55. The number of aliphatic carboxylic acids is 1. The summed E-state index contributed by atoms with van der Waals surface area (Å²) in [7, 11) is 0. The molecule has 9 nitrogen and oxygen atoms in total. The third-order valence-corrected chi connectivity index (χ3v) is 5.33. The van der Waals surface area contributed by atoms with E-state index in [-0.39, 0.29) is 25.4 Å². The summed E-state index contributed by atoms with van der Waals surface area (Å²) in [6, 6.07) is 15.9. The van der Waals surface area contributed by atoms with E-state index in [9.17, 15) is 14.7 Å². The summed E-state index contributed by atoms with van der Waals surface area (Å²) in [6.45, 7) is 1.44. The van der Waals surface area contributed by atoms with E-state index in [2.05, 4.69) is 15.3 Å². The lowest BCUT2D eigenvalue weighted by Crippen LogP contribution is -2.53. The highest BCUT2D eigenvalue weighted by molar-refractivity contribution is 5.84. The van der Waals surface area contributed by atoms with Gasteiger partial charge in [0.05, 0.1) is 6.17 Å². The second-order valence-electron chi connectivity index (χ2n) is 7.40. The maximum Gasteiger partial charge on any atom is 0.408 e. The number of hydrogen-bond donors (Lipinski definition) is 3. The van der Waals surface area contributed by atoms with Gasteiger partial charge in [-0.1, -0.05) is 53.6 Å². The molecule has 0 bridgehead atoms. The van der Waals surface area contributed by atoms with Gasteiger partial charge in [-0.25, -0.2) is 9.59 Å². The maximum absolute atomic E-state index is 12.4. The molecule has 0 heterocycles. The Balaban J connectivity index is 1.67. The number of nitrogens with zero attached hydrogens (tertiary/aromatic N) is 3. The molecule has 0 spiro atoms. The Morgan fingerprint density at radius 2 is 1.80 bits per heavy atom. The minimum absolute atomic E-state index is 0.0211. The number of azide groups is 1. The van der Waals surface area contributed by atoms with E-state index in [1.807, 2.05) is 48.5 Å². The molecule has 3 rings (SSSR count). The Morgan fingerprint density at radius 3 is 2.33 bits per heavy atom. The van der Waals surface area contributed by atoms with Crippen LogP contribution in [0.4, 0.5) is 4.79 Å². The van der Waals surface area contributed by atoms with Crippen LogP contribution in [0.1, 0.15) is 36.8 Å². The van der Waals surface area contributed by atoms with Crippen molar-refractivity contribution in [2.75, 3.05) is 6.61 Å². The van der Waals surface area contributed by atoms with E-state index >= 15 is 0 Å². The van der Waals surface area contributed by atoms with Crippen LogP contribution in [-0.4, -0.2) is 35.5 Å². The molecule has 0 fully saturated rings. The average Bonchev–Trinajstić information content (AvgIpc) is 3.05. The first kappa shape index (κ1) is 21.2. The van der Waals surface area contributed by atoms with E-state index in [1.165, 1.54) is 6.92 Å². The number of rotatable bonds is 8. The zero-order valence-electron chi connectivity index (χ0n) is 16.5. The Labute approximate surface area is 173 Å². The lowest BCUT2D eigenvalue weighted by Gasteiger charge is -2.27. The van der Waals surface area contributed by atoms with Crippen molar-refractivity contribution >= 4 is 12.1 Å². The number of alkyl carbamates (subject to hydrolysis) is 1. The maximum atomic E-state index is 12.4. The molecule has 30 heavy (non-hydrogen) atoms. The highest BCUT2D eigenvalue weighted by Crippen LogP contribution is 2.44. The number of benzene rings is 2. The number of nitrogens with two attached hydrogens (primary N) is 1. The molecule has 1 amide bonds. The van der Waals surface area contributed by atoms with Crippen LogP contribution in [0.25, 0.3) is 21.6 Å². The SMILES string of the molecule is C[C@](CCC(N)N=[N+]=[N-])(NC(=O)OCC1c2ccccc2-c2ccccc21)C(=O)O. The van der Waals surface area contributed by atoms with Crippen LogP contribution in [0.3, 0.4) is 0 Å². The summed E-state index contributed by atoms with van der Waals surface area (Å²) >= 11 is 0. The molecule has 0 aromatic heterocycles. The third-order valence-electron chi connectivity index (χ3n) is 5.33. The lowest BCUT2D eigenvalue weighted by molar-refractivity contribution is -0.144. The second-order valence-corrected chi connectivity index (χ2v) is 7.40. The number of fused-ring (bicyclic) bond motifs is 3. The average molecular weight is 409 g/mol. The summed E-state index contributed by atoms with van der Waals surface area (Å²) in [5.74, 6) is -1.36. The number of carboxylic acid groups (broad SMARTS) is 1. The molecule has 0 saturated heterocycles. The molecule has 1 aliphatic rings. The number of nitrogens with one attached hydrogen (secondary N) is 1. The monoisotopic (exact) mass is 409 g/mol. The third kappa shape index (κ3) is 4.37. The smallest absolute Gasteiger partial charge is 0.408 e. The lowest BCUT2D eigenvalue weighted by atomic mass is 9.95. The van der Waals surface area contributed by atoms with Crippen LogP contribution >= 0.6 is 0 Å². The van der Waals surface area contributed by atoms with E-state index in [4.69, 9.17) is 16.0 Å². The predicted octanol–water partition coefficient (Wildman–Crippen LogP) is 3.74. The quantitative estimate of drug-likeness (QED) is 0.345. The Morgan fingerprint density at radius 1 is 1.23 bits per heavy atom. The molecule has 2 atom stereocenters. The van der Waals surface area contributed by atoms with E-state index < -0.39 is 23.8 Å². The number of carboxylic acids is 1. The fraction of sp³-hybridized carbons (Fsp3) is 0.333. The van der Waals surface area contributed by atoms with Gasteiger partial charge in [0.1, 0.15) is 12.1 Å². The van der Waals surface area contributed by atoms with Crippen molar-refractivity contribution in [2.45, 2.75) is 37.4 Å². The topological polar surface area (TPSA) is 150 Å². The zero-order valence-corrected chi connectivity index (χ0v) is 16.5. The Kier molecular flexibility index (Phi) is 6.25. The first-order valence-corrected chi connectivity index (χ1v) is 9.52. The van der Waals surface area contributed by atoms with Gasteiger partial charge in [-0.3, -0.25) is 0 Å². The van der Waals surface area contributed by atoms with Crippen LogP contribution in [0.15, 0.2) is 53.6 Å². The molecule has 0 aliphatic heterocycles. The number of amides is 1. The van der Waals surface area contributed by atoms with Gasteiger partial charge in [-0.2, -0.15) is 0 Å². The van der Waals surface area contributed by atoms with Crippen LogP contribution in [0, 0.1) is 0 Å². The standard InChI is InChI=1S/C21H23N5O4/c1-21(19(27)28,11-10-18(22)25-26-23)24-20(29)30-12-17-15-8-4-2-6-13(15)14-7-3-5-9-16(14)17/h2-9,17-18H,10-12,22H2,1H3,(H,24,29)(H,27,28)/t18?,21-/m1/s1. The van der Waals surface area contributed by atoms with Crippen molar-refractivity contribution < 1.29 is 19.4 Å². The van der Waals surface area contributed by atoms with Gasteiger partial charge in [0.15, 0.2) is 0 Å². The van der Waals surface area contributed by atoms with E-state index in [0.29, 0.717) is 0 Å². The summed E-state index contributed by atoms with van der Waals surface area (Å²) in [5.41, 5.74) is 16.7. The first-order valence-electron chi connectivity index (χ1n) is 9.52. The molecular formula is C21H23N5O4. The molecule has 1 aliphatic carbocycles. The van der Waals surface area contributed by atoms with Crippen molar-refractivity contribution in [1.29, 1.82) is 0 Å². The number of hydrogen-bond acceptors (Lipinski definition) is 5. The van der Waals surface area contributed by atoms with Crippen LogP contribution in [-0.2, 0) is 9.53 Å². The predicted molar refractivity (Wildman–Crippen MR) is 111 cm³/mol. The molecule has 0 saturated carbocycles. The number of carbonyl (C=O) groups is 2. The van der Waals surface area contributed by atoms with Crippen LogP contribution < -0.4 is 11.1 Å². The van der Waals surface area contributed by atoms with Crippen LogP contribution in [0.2, 0.25) is 0 Å². The van der Waals surface area contributed by atoms with Gasteiger partial charge in [0, 0.05) is 10.8 Å². The summed E-state index contributed by atoms with van der Waals surface area (Å²) in [5, 5.41) is 15.3. The van der Waals surface area contributed by atoms with Gasteiger partial charge >= 0.3 is 12.1 Å². The van der Waals surface area contributed by atoms with Gasteiger partial charge in [0.2, 0.25) is 0 Å². The van der Waals surface area contributed by atoms with Gasteiger partial charge in [0.25, 0.3) is 0 Å². The molecule has 2 aromatic carbocycles. The number of carbonyl (C=O) groups excluding carboxylic acids is 1. The van der Waals surface area contributed by atoms with Crippen molar-refractivity contribution in [3.8, 4) is 11.1 Å². The molecule has 1 unspecified atom stereocenters.